The van der Waals surface area contributed by atoms with Gasteiger partial charge in [-0.2, -0.15) is 0 Å². The molecule has 0 saturated heterocycles. The Morgan fingerprint density at radius 2 is 1.91 bits per heavy atom. The van der Waals surface area contributed by atoms with Gasteiger partial charge in [-0.15, -0.1) is 0 Å². The SMILES string of the molecule is [O]=[V][O]C(=O)c1ccccc1. The van der Waals surface area contributed by atoms with E-state index in [0.717, 1.165) is 0 Å². The number of hydrogen-bond donors (Lipinski definition) is 0. The summed E-state index contributed by atoms with van der Waals surface area (Å²) in [6.45, 7) is 0. The van der Waals surface area contributed by atoms with Crippen LogP contribution < -0.4 is 0 Å². The minimum absolute atomic E-state index is 0.429. The van der Waals surface area contributed by atoms with Gasteiger partial charge in [-0.25, -0.2) is 0 Å². The van der Waals surface area contributed by atoms with Crippen LogP contribution in [0.1, 0.15) is 10.4 Å². The maximum absolute atomic E-state index is 10.8. The molecule has 0 saturated carbocycles. The normalized spacial score (nSPS) is 8.73. The summed E-state index contributed by atoms with van der Waals surface area (Å²) in [6.07, 6.45) is 0. The molecule has 0 bridgehead atoms. The monoisotopic (exact) mass is 188 g/mol. The van der Waals surface area contributed by atoms with Crippen LogP contribution in [0.3, 0.4) is 0 Å². The van der Waals surface area contributed by atoms with Gasteiger partial charge >= 0.3 is 70.6 Å². The van der Waals surface area contributed by atoms with Crippen LogP contribution in [0.4, 0.5) is 0 Å². The molecule has 0 aromatic heterocycles. The molecule has 0 N–H and O–H groups in total. The summed E-state index contributed by atoms with van der Waals surface area (Å²) in [5.41, 5.74) is 0.429. The van der Waals surface area contributed by atoms with Crippen molar-refractivity contribution in [2.24, 2.45) is 0 Å². The fraction of sp³-hybridized carbons (Fsp3) is 0. The van der Waals surface area contributed by atoms with E-state index in [2.05, 4.69) is 3.66 Å². The number of carbonyl (C=O) groups excluding carboxylic acids is 1. The van der Waals surface area contributed by atoms with E-state index in [1.807, 2.05) is 0 Å². The predicted molar refractivity (Wildman–Crippen MR) is 32.5 cm³/mol. The molecule has 0 fully saturated rings. The second-order valence-corrected chi connectivity index (χ2v) is 2.34. The summed E-state index contributed by atoms with van der Waals surface area (Å²) < 4.78 is 14.3. The summed E-state index contributed by atoms with van der Waals surface area (Å²) in [4.78, 5) is 10.8. The molecule has 4 heteroatoms. The molecular weight excluding hydrogens is 183 g/mol. The second-order valence-electron chi connectivity index (χ2n) is 1.82. The van der Waals surface area contributed by atoms with Gasteiger partial charge in [0.2, 0.25) is 0 Å². The Morgan fingerprint density at radius 3 is 2.45 bits per heavy atom. The Balaban J connectivity index is 2.77. The molecule has 0 unspecified atom stereocenters. The van der Waals surface area contributed by atoms with E-state index in [9.17, 15) is 8.47 Å². The van der Waals surface area contributed by atoms with Crippen molar-refractivity contribution >= 4 is 5.97 Å². The first-order chi connectivity index (χ1) is 5.34. The number of rotatable bonds is 2. The molecule has 0 atom stereocenters. The zero-order valence-corrected chi connectivity index (χ0v) is 6.96. The Hall–Kier alpha value is -0.926. The van der Waals surface area contributed by atoms with E-state index >= 15 is 0 Å². The Kier molecular flexibility index (Phi) is 3.02. The summed E-state index contributed by atoms with van der Waals surface area (Å²) in [5.74, 6) is -0.527. The van der Waals surface area contributed by atoms with Crippen molar-refractivity contribution in [2.45, 2.75) is 0 Å². The van der Waals surface area contributed by atoms with Gasteiger partial charge in [0.05, 0.1) is 0 Å². The van der Waals surface area contributed by atoms with Crippen molar-refractivity contribution in [2.75, 3.05) is 0 Å². The van der Waals surface area contributed by atoms with Gasteiger partial charge in [0.25, 0.3) is 0 Å². The molecule has 0 spiro atoms. The molecular formula is C7H5O3V. The van der Waals surface area contributed by atoms with E-state index in [1.165, 1.54) is 0 Å². The molecule has 0 heterocycles. The topological polar surface area (TPSA) is 43.4 Å². The third kappa shape index (κ3) is 2.29. The minimum atomic E-state index is -1.54. The zero-order valence-electron chi connectivity index (χ0n) is 5.56. The molecule has 1 aromatic rings. The average Bonchev–Trinajstić information content (AvgIpc) is 2.07. The van der Waals surface area contributed by atoms with Crippen LogP contribution >= 0.6 is 0 Å². The molecule has 56 valence electrons. The van der Waals surface area contributed by atoms with Crippen LogP contribution in [0.15, 0.2) is 30.3 Å². The molecule has 0 amide bonds. The van der Waals surface area contributed by atoms with Crippen molar-refractivity contribution in [1.29, 1.82) is 0 Å². The van der Waals surface area contributed by atoms with E-state index in [0.29, 0.717) is 5.56 Å². The van der Waals surface area contributed by atoms with Crippen LogP contribution in [0, 0.1) is 0 Å². The first kappa shape index (κ1) is 8.17. The third-order valence-corrected chi connectivity index (χ3v) is 1.51. The summed E-state index contributed by atoms with van der Waals surface area (Å²) in [7, 11) is 0. The fourth-order valence-electron chi connectivity index (χ4n) is 0.661. The maximum atomic E-state index is 10.8. The van der Waals surface area contributed by atoms with Gasteiger partial charge in [0.1, 0.15) is 0 Å². The van der Waals surface area contributed by atoms with Gasteiger partial charge in [-0.1, -0.05) is 0 Å². The van der Waals surface area contributed by atoms with Crippen molar-refractivity contribution in [3.05, 3.63) is 35.9 Å². The first-order valence-corrected chi connectivity index (χ1v) is 4.07. The summed E-state index contributed by atoms with van der Waals surface area (Å²) >= 11 is -1.54. The Morgan fingerprint density at radius 1 is 1.27 bits per heavy atom. The van der Waals surface area contributed by atoms with Crippen LogP contribution in [-0.4, -0.2) is 5.97 Å². The zero-order chi connectivity index (χ0) is 8.10. The molecule has 1 rings (SSSR count). The Labute approximate surface area is 71.0 Å². The predicted octanol–water partition coefficient (Wildman–Crippen LogP) is 1.19. The number of benzene rings is 1. The van der Waals surface area contributed by atoms with Crippen molar-refractivity contribution in [3.63, 3.8) is 0 Å². The van der Waals surface area contributed by atoms with Crippen LogP contribution in [-0.2, 0) is 23.9 Å². The standard InChI is InChI=1S/C7H6O2.O.V/c8-7(9)6-4-2-1-3-5-6;;/h1-5H,(H,8,9);;/q;;+1/p-1. The quantitative estimate of drug-likeness (QED) is 0.699. The number of hydrogen-bond acceptors (Lipinski definition) is 3. The van der Waals surface area contributed by atoms with Crippen LogP contribution in [0.25, 0.3) is 0 Å². The second kappa shape index (κ2) is 4.06. The van der Waals surface area contributed by atoms with Gasteiger partial charge < -0.3 is 0 Å². The van der Waals surface area contributed by atoms with Crippen molar-refractivity contribution in [1.82, 2.24) is 0 Å². The van der Waals surface area contributed by atoms with E-state index < -0.39 is 22.6 Å². The molecule has 0 radical (unpaired) electrons. The van der Waals surface area contributed by atoms with E-state index in [-0.39, 0.29) is 0 Å². The average molecular weight is 188 g/mol. The van der Waals surface area contributed by atoms with Crippen molar-refractivity contribution < 1.29 is 28.7 Å². The number of carbonyl (C=O) groups is 1. The van der Waals surface area contributed by atoms with Crippen molar-refractivity contribution in [3.8, 4) is 0 Å². The molecule has 3 nitrogen and oxygen atoms in total. The van der Waals surface area contributed by atoms with Gasteiger partial charge in [-0.3, -0.25) is 0 Å². The van der Waals surface area contributed by atoms with E-state index in [4.69, 9.17) is 0 Å². The first-order valence-electron chi connectivity index (χ1n) is 2.93. The third-order valence-electron chi connectivity index (χ3n) is 1.13. The van der Waals surface area contributed by atoms with Crippen LogP contribution in [0.5, 0.6) is 0 Å². The van der Waals surface area contributed by atoms with Gasteiger partial charge in [0.15, 0.2) is 0 Å². The fourth-order valence-corrected chi connectivity index (χ4v) is 0.931. The molecule has 0 aliphatic heterocycles. The molecule has 11 heavy (non-hydrogen) atoms. The Bertz CT molecular complexity index is 258. The molecule has 0 aliphatic carbocycles. The summed E-state index contributed by atoms with van der Waals surface area (Å²) in [5, 5.41) is 0. The molecule has 0 aliphatic rings. The van der Waals surface area contributed by atoms with Crippen LogP contribution in [0.2, 0.25) is 0 Å². The van der Waals surface area contributed by atoms with Gasteiger partial charge in [0, 0.05) is 0 Å². The molecule has 1 aromatic carbocycles. The van der Waals surface area contributed by atoms with Gasteiger partial charge in [-0.05, 0) is 0 Å². The summed E-state index contributed by atoms with van der Waals surface area (Å²) in [6, 6.07) is 8.45. The van der Waals surface area contributed by atoms with E-state index in [1.54, 1.807) is 30.3 Å².